The van der Waals surface area contributed by atoms with E-state index in [0.29, 0.717) is 55.6 Å². The molecule has 0 saturated carbocycles. The normalized spacial score (nSPS) is 14.7. The Labute approximate surface area is 227 Å². The quantitative estimate of drug-likeness (QED) is 0.274. The van der Waals surface area contributed by atoms with Gasteiger partial charge in [0.2, 0.25) is 5.75 Å². The van der Waals surface area contributed by atoms with Crippen LogP contribution in [-0.2, 0) is 6.42 Å². The van der Waals surface area contributed by atoms with Gasteiger partial charge < -0.3 is 28.8 Å². The third kappa shape index (κ3) is 4.99. The number of amides is 1. The maximum Gasteiger partial charge on any atom is 0.254 e. The molecule has 4 aromatic rings. The van der Waals surface area contributed by atoms with Crippen molar-refractivity contribution in [1.82, 2.24) is 9.88 Å². The molecule has 0 radical (unpaired) electrons. The molecular formula is C31H33FN2O5. The number of H-pyrrole nitrogens is 1. The van der Waals surface area contributed by atoms with Crippen molar-refractivity contribution in [2.45, 2.75) is 33.2 Å². The third-order valence-corrected chi connectivity index (χ3v) is 6.94. The van der Waals surface area contributed by atoms with Crippen molar-refractivity contribution in [2.75, 3.05) is 33.5 Å². The van der Waals surface area contributed by atoms with Gasteiger partial charge in [0, 0.05) is 28.7 Å². The molecule has 0 saturated heterocycles. The fourth-order valence-corrected chi connectivity index (χ4v) is 5.28. The van der Waals surface area contributed by atoms with Crippen LogP contribution in [0.1, 0.15) is 54.0 Å². The minimum Gasteiger partial charge on any atom is -0.497 e. The van der Waals surface area contributed by atoms with Crippen LogP contribution in [0, 0.1) is 5.82 Å². The Kier molecular flexibility index (Phi) is 7.63. The molecule has 7 nitrogen and oxygen atoms in total. The first-order valence-corrected chi connectivity index (χ1v) is 13.3. The standard InChI is InChI=1S/C31H33FN2O5/c1-5-37-26-16-20(17-27(38-6-2)30(26)39-7-3)31(35)34-15-14-23-24-18-22(36-4)12-13-25(24)33-28(23)29(34)19-8-10-21(32)11-9-19/h8-13,16-18,29,33H,5-7,14-15H2,1-4H3/t29-/m0/s1. The van der Waals surface area contributed by atoms with Crippen LogP contribution in [0.2, 0.25) is 0 Å². The summed E-state index contributed by atoms with van der Waals surface area (Å²) in [5.41, 5.74) is 4.23. The smallest absolute Gasteiger partial charge is 0.254 e. The number of aromatic nitrogens is 1. The van der Waals surface area contributed by atoms with Crippen molar-refractivity contribution in [3.8, 4) is 23.0 Å². The van der Waals surface area contributed by atoms with E-state index < -0.39 is 6.04 Å². The Morgan fingerprint density at radius 2 is 1.62 bits per heavy atom. The van der Waals surface area contributed by atoms with Crippen molar-refractivity contribution in [1.29, 1.82) is 0 Å². The topological polar surface area (TPSA) is 73.0 Å². The van der Waals surface area contributed by atoms with Crippen molar-refractivity contribution in [2.24, 2.45) is 0 Å². The number of carbonyl (C=O) groups excluding carboxylic acids is 1. The highest BCUT2D eigenvalue weighted by Crippen LogP contribution is 2.43. The molecule has 2 heterocycles. The highest BCUT2D eigenvalue weighted by Gasteiger charge is 2.36. The van der Waals surface area contributed by atoms with E-state index in [9.17, 15) is 9.18 Å². The maximum atomic E-state index is 14.2. The fraction of sp³-hybridized carbons (Fsp3) is 0.323. The maximum absolute atomic E-state index is 14.2. The highest BCUT2D eigenvalue weighted by molar-refractivity contribution is 5.97. The number of hydrogen-bond acceptors (Lipinski definition) is 5. The molecular weight excluding hydrogens is 499 g/mol. The number of methoxy groups -OCH3 is 1. The van der Waals surface area contributed by atoms with Crippen molar-refractivity contribution < 1.29 is 28.1 Å². The average Bonchev–Trinajstić information content (AvgIpc) is 3.32. The molecule has 1 atom stereocenters. The van der Waals surface area contributed by atoms with Crippen LogP contribution in [-0.4, -0.2) is 49.3 Å². The van der Waals surface area contributed by atoms with Crippen LogP contribution in [0.3, 0.4) is 0 Å². The largest absolute Gasteiger partial charge is 0.497 e. The summed E-state index contributed by atoms with van der Waals surface area (Å²) >= 11 is 0. The predicted molar refractivity (Wildman–Crippen MR) is 148 cm³/mol. The predicted octanol–water partition coefficient (Wildman–Crippen LogP) is 6.30. The van der Waals surface area contributed by atoms with Gasteiger partial charge in [-0.2, -0.15) is 0 Å². The summed E-state index contributed by atoms with van der Waals surface area (Å²) in [6.07, 6.45) is 0.652. The summed E-state index contributed by atoms with van der Waals surface area (Å²) in [6.45, 7) is 7.37. The van der Waals surface area contributed by atoms with E-state index in [1.807, 2.05) is 43.9 Å². The molecule has 0 unspecified atom stereocenters. The number of benzene rings is 3. The zero-order chi connectivity index (χ0) is 27.5. The first-order chi connectivity index (χ1) is 19.0. The van der Waals surface area contributed by atoms with E-state index in [4.69, 9.17) is 18.9 Å². The van der Waals surface area contributed by atoms with Gasteiger partial charge in [-0.15, -0.1) is 0 Å². The Morgan fingerprint density at radius 1 is 0.949 bits per heavy atom. The third-order valence-electron chi connectivity index (χ3n) is 6.94. The molecule has 0 fully saturated rings. The van der Waals surface area contributed by atoms with E-state index >= 15 is 0 Å². The van der Waals surface area contributed by atoms with Gasteiger partial charge in [0.05, 0.1) is 33.0 Å². The SMILES string of the molecule is CCOc1cc(C(=O)N2CCc3c([nH]c4ccc(OC)cc34)[C@@H]2c2ccc(F)cc2)cc(OCC)c1OCC. The number of fused-ring (bicyclic) bond motifs is 3. The summed E-state index contributed by atoms with van der Waals surface area (Å²) in [7, 11) is 1.64. The number of nitrogens with zero attached hydrogens (tertiary/aromatic N) is 1. The minimum atomic E-state index is -0.446. The molecule has 1 amide bonds. The van der Waals surface area contributed by atoms with E-state index in [-0.39, 0.29) is 11.7 Å². The minimum absolute atomic E-state index is 0.184. The van der Waals surface area contributed by atoms with Crippen molar-refractivity contribution in [3.63, 3.8) is 0 Å². The lowest BCUT2D eigenvalue weighted by Crippen LogP contribution is -2.40. The summed E-state index contributed by atoms with van der Waals surface area (Å²) in [5, 5.41) is 1.06. The zero-order valence-corrected chi connectivity index (χ0v) is 22.7. The van der Waals surface area contributed by atoms with Crippen LogP contribution in [0.5, 0.6) is 23.0 Å². The number of hydrogen-bond donors (Lipinski definition) is 1. The Balaban J connectivity index is 1.63. The molecule has 0 spiro atoms. The first kappa shape index (κ1) is 26.4. The summed E-state index contributed by atoms with van der Waals surface area (Å²) < 4.78 is 36.9. The average molecular weight is 533 g/mol. The van der Waals surface area contributed by atoms with Gasteiger partial charge in [0.15, 0.2) is 11.5 Å². The summed E-state index contributed by atoms with van der Waals surface area (Å²) in [6, 6.07) is 15.2. The van der Waals surface area contributed by atoms with Crippen LogP contribution < -0.4 is 18.9 Å². The number of halogens is 1. The van der Waals surface area contributed by atoms with Crippen LogP contribution in [0.25, 0.3) is 10.9 Å². The van der Waals surface area contributed by atoms with E-state index in [0.717, 1.165) is 33.5 Å². The monoisotopic (exact) mass is 532 g/mol. The lowest BCUT2D eigenvalue weighted by Gasteiger charge is -2.36. The van der Waals surface area contributed by atoms with Gasteiger partial charge in [-0.1, -0.05) is 12.1 Å². The number of aromatic amines is 1. The molecule has 39 heavy (non-hydrogen) atoms. The van der Waals surface area contributed by atoms with Gasteiger partial charge in [-0.05, 0) is 80.8 Å². The lowest BCUT2D eigenvalue weighted by molar-refractivity contribution is 0.0691. The van der Waals surface area contributed by atoms with Crippen molar-refractivity contribution in [3.05, 3.63) is 82.8 Å². The molecule has 8 heteroatoms. The van der Waals surface area contributed by atoms with E-state index in [1.165, 1.54) is 12.1 Å². The van der Waals surface area contributed by atoms with Crippen LogP contribution in [0.15, 0.2) is 54.6 Å². The van der Waals surface area contributed by atoms with E-state index in [2.05, 4.69) is 4.98 Å². The number of nitrogens with one attached hydrogen (secondary N) is 1. The number of ether oxygens (including phenoxy) is 4. The Morgan fingerprint density at radius 3 is 2.23 bits per heavy atom. The molecule has 1 N–H and O–H groups in total. The molecule has 204 valence electrons. The second-order valence-electron chi connectivity index (χ2n) is 9.23. The van der Waals surface area contributed by atoms with Gasteiger partial charge in [0.25, 0.3) is 5.91 Å². The van der Waals surface area contributed by atoms with Gasteiger partial charge in [0.1, 0.15) is 11.6 Å². The molecule has 3 aromatic carbocycles. The molecule has 0 bridgehead atoms. The highest BCUT2D eigenvalue weighted by atomic mass is 19.1. The Hall–Kier alpha value is -4.20. The van der Waals surface area contributed by atoms with Crippen LogP contribution in [0.4, 0.5) is 4.39 Å². The lowest BCUT2D eigenvalue weighted by atomic mass is 9.91. The van der Waals surface area contributed by atoms with Crippen LogP contribution >= 0.6 is 0 Å². The summed E-state index contributed by atoms with van der Waals surface area (Å²) in [4.78, 5) is 19.6. The molecule has 0 aliphatic carbocycles. The Bertz CT molecular complexity index is 1450. The number of carbonyl (C=O) groups is 1. The first-order valence-electron chi connectivity index (χ1n) is 13.3. The molecule has 1 aromatic heterocycles. The van der Waals surface area contributed by atoms with Gasteiger partial charge in [-0.25, -0.2) is 4.39 Å². The van der Waals surface area contributed by atoms with Crippen molar-refractivity contribution >= 4 is 16.8 Å². The molecule has 1 aliphatic heterocycles. The molecule has 5 rings (SSSR count). The van der Waals surface area contributed by atoms with Gasteiger partial charge >= 0.3 is 0 Å². The second kappa shape index (κ2) is 11.3. The molecule has 1 aliphatic rings. The summed E-state index contributed by atoms with van der Waals surface area (Å²) in [5.74, 6) is 1.66. The fourth-order valence-electron chi connectivity index (χ4n) is 5.28. The number of rotatable bonds is 9. The second-order valence-corrected chi connectivity index (χ2v) is 9.23. The van der Waals surface area contributed by atoms with E-state index in [1.54, 1.807) is 31.4 Å². The zero-order valence-electron chi connectivity index (χ0n) is 22.7. The van der Waals surface area contributed by atoms with Gasteiger partial charge in [-0.3, -0.25) is 4.79 Å².